The summed E-state index contributed by atoms with van der Waals surface area (Å²) in [7, 11) is 0. The number of benzene rings is 1. The van der Waals surface area contributed by atoms with E-state index in [9.17, 15) is 0 Å². The Balaban J connectivity index is 1.87. The molecule has 0 radical (unpaired) electrons. The highest BCUT2D eigenvalue weighted by molar-refractivity contribution is 5.77. The van der Waals surface area contributed by atoms with E-state index in [1.807, 2.05) is 30.7 Å². The molecule has 2 heterocycles. The Bertz CT molecular complexity index is 624. The lowest BCUT2D eigenvalue weighted by molar-refractivity contribution is 0.389. The third-order valence-corrected chi connectivity index (χ3v) is 3.38. The van der Waals surface area contributed by atoms with Gasteiger partial charge >= 0.3 is 0 Å². The van der Waals surface area contributed by atoms with Crippen molar-refractivity contribution in [3.05, 3.63) is 54.8 Å². The summed E-state index contributed by atoms with van der Waals surface area (Å²) in [6.07, 6.45) is 6.71. The largest absolute Gasteiger partial charge is 0.459 e. The second-order valence-electron chi connectivity index (χ2n) is 4.95. The van der Waals surface area contributed by atoms with Crippen LogP contribution >= 0.6 is 0 Å². The summed E-state index contributed by atoms with van der Waals surface area (Å²) >= 11 is 0. The van der Waals surface area contributed by atoms with Crippen LogP contribution in [-0.4, -0.2) is 16.1 Å². The normalized spacial score (nSPS) is 12.8. The van der Waals surface area contributed by atoms with Crippen LogP contribution in [0.1, 0.15) is 25.1 Å². The third kappa shape index (κ3) is 2.75. The van der Waals surface area contributed by atoms with Crippen LogP contribution in [0, 0.1) is 0 Å². The molecule has 1 N–H and O–H groups in total. The summed E-state index contributed by atoms with van der Waals surface area (Å²) in [5, 5.41) is 4.69. The zero-order chi connectivity index (χ0) is 13.8. The minimum absolute atomic E-state index is 0.163. The molecule has 0 saturated heterocycles. The summed E-state index contributed by atoms with van der Waals surface area (Å²) in [4.78, 5) is 4.10. The van der Waals surface area contributed by atoms with Crippen LogP contribution in [0.15, 0.2) is 53.5 Å². The van der Waals surface area contributed by atoms with E-state index in [4.69, 9.17) is 4.42 Å². The molecule has 1 aromatic carbocycles. The molecule has 0 bridgehead atoms. The second kappa shape index (κ2) is 5.92. The number of aromatic nitrogens is 2. The zero-order valence-electron chi connectivity index (χ0n) is 11.6. The smallest absolute Gasteiger partial charge is 0.134 e. The highest BCUT2D eigenvalue weighted by Gasteiger charge is 2.16. The quantitative estimate of drug-likeness (QED) is 0.746. The van der Waals surface area contributed by atoms with Gasteiger partial charge in [-0.05, 0) is 25.1 Å². The zero-order valence-corrected chi connectivity index (χ0v) is 11.6. The maximum absolute atomic E-state index is 5.98. The minimum atomic E-state index is 0.163. The molecule has 104 valence electrons. The summed E-state index contributed by atoms with van der Waals surface area (Å²) in [5.41, 5.74) is 0.941. The number of nitrogens with one attached hydrogen (secondary N) is 1. The van der Waals surface area contributed by atoms with Crippen molar-refractivity contribution in [3.63, 3.8) is 0 Å². The third-order valence-electron chi connectivity index (χ3n) is 3.38. The van der Waals surface area contributed by atoms with Gasteiger partial charge in [0.05, 0.1) is 12.4 Å². The van der Waals surface area contributed by atoms with Crippen LogP contribution in [0.25, 0.3) is 11.0 Å². The lowest BCUT2D eigenvalue weighted by Crippen LogP contribution is -2.25. The molecular formula is C16H19N3O. The van der Waals surface area contributed by atoms with Crippen LogP contribution < -0.4 is 5.32 Å². The molecule has 2 aromatic heterocycles. The first kappa shape index (κ1) is 12.9. The monoisotopic (exact) mass is 269 g/mol. The van der Waals surface area contributed by atoms with E-state index in [-0.39, 0.29) is 6.04 Å². The van der Waals surface area contributed by atoms with Gasteiger partial charge in [-0.2, -0.15) is 0 Å². The fourth-order valence-electron chi connectivity index (χ4n) is 2.35. The first-order valence-corrected chi connectivity index (χ1v) is 7.04. The highest BCUT2D eigenvalue weighted by Crippen LogP contribution is 2.24. The van der Waals surface area contributed by atoms with Crippen LogP contribution in [0.2, 0.25) is 0 Å². The predicted molar refractivity (Wildman–Crippen MR) is 79.5 cm³/mol. The lowest BCUT2D eigenvalue weighted by atomic mass is 10.2. The van der Waals surface area contributed by atoms with Gasteiger partial charge in [-0.3, -0.25) is 0 Å². The molecule has 0 aliphatic heterocycles. The minimum Gasteiger partial charge on any atom is -0.459 e. The first-order chi connectivity index (χ1) is 9.86. The van der Waals surface area contributed by atoms with Crippen molar-refractivity contribution in [2.75, 3.05) is 6.54 Å². The Morgan fingerprint density at radius 3 is 3.00 bits per heavy atom. The van der Waals surface area contributed by atoms with Gasteiger partial charge in [0.2, 0.25) is 0 Å². The molecule has 4 heteroatoms. The molecule has 3 aromatic rings. The Labute approximate surface area is 118 Å². The summed E-state index contributed by atoms with van der Waals surface area (Å²) in [6, 6.07) is 10.4. The summed E-state index contributed by atoms with van der Waals surface area (Å²) in [5.74, 6) is 0.980. The van der Waals surface area contributed by atoms with Crippen LogP contribution in [0.5, 0.6) is 0 Å². The molecule has 0 fully saturated rings. The van der Waals surface area contributed by atoms with Crippen LogP contribution in [0.3, 0.4) is 0 Å². The van der Waals surface area contributed by atoms with Gasteiger partial charge in [-0.25, -0.2) is 4.98 Å². The van der Waals surface area contributed by atoms with Crippen molar-refractivity contribution in [1.82, 2.24) is 14.9 Å². The van der Waals surface area contributed by atoms with Gasteiger partial charge in [0.15, 0.2) is 0 Å². The van der Waals surface area contributed by atoms with E-state index in [0.29, 0.717) is 0 Å². The molecule has 0 amide bonds. The van der Waals surface area contributed by atoms with E-state index in [1.165, 1.54) is 0 Å². The molecule has 0 aliphatic carbocycles. The van der Waals surface area contributed by atoms with Gasteiger partial charge < -0.3 is 14.3 Å². The van der Waals surface area contributed by atoms with Crippen molar-refractivity contribution in [2.45, 2.75) is 25.9 Å². The molecule has 4 nitrogen and oxygen atoms in total. The van der Waals surface area contributed by atoms with Gasteiger partial charge in [0, 0.05) is 24.3 Å². The maximum atomic E-state index is 5.98. The summed E-state index contributed by atoms with van der Waals surface area (Å²) < 4.78 is 8.05. The average Bonchev–Trinajstić information content (AvgIpc) is 3.12. The van der Waals surface area contributed by atoms with Crippen LogP contribution in [-0.2, 0) is 6.54 Å². The van der Waals surface area contributed by atoms with Gasteiger partial charge in [0.1, 0.15) is 11.3 Å². The number of imidazole rings is 1. The Morgan fingerprint density at radius 2 is 2.25 bits per heavy atom. The molecule has 0 saturated carbocycles. The number of hydrogen-bond donors (Lipinski definition) is 1. The molecule has 0 spiro atoms. The Kier molecular flexibility index (Phi) is 3.83. The topological polar surface area (TPSA) is 43.0 Å². The maximum Gasteiger partial charge on any atom is 0.134 e. The van der Waals surface area contributed by atoms with Crippen molar-refractivity contribution in [2.24, 2.45) is 0 Å². The number of nitrogens with zero attached hydrogens (tertiary/aromatic N) is 2. The van der Waals surface area contributed by atoms with Gasteiger partial charge in [-0.1, -0.05) is 25.1 Å². The van der Waals surface area contributed by atoms with E-state index in [0.717, 1.165) is 36.2 Å². The SMILES string of the molecule is CCCNC(Cn1ccnc1)c1cc2ccccc2o1. The first-order valence-electron chi connectivity index (χ1n) is 7.04. The number of fused-ring (bicyclic) bond motifs is 1. The van der Waals surface area contributed by atoms with E-state index in [1.54, 1.807) is 6.20 Å². The fourth-order valence-corrected chi connectivity index (χ4v) is 2.35. The molecule has 0 aliphatic rings. The number of hydrogen-bond acceptors (Lipinski definition) is 3. The summed E-state index contributed by atoms with van der Waals surface area (Å²) in [6.45, 7) is 3.95. The van der Waals surface area contributed by atoms with Gasteiger partial charge in [-0.15, -0.1) is 0 Å². The fraction of sp³-hybridized carbons (Fsp3) is 0.312. The van der Waals surface area contributed by atoms with E-state index >= 15 is 0 Å². The number of furan rings is 1. The van der Waals surface area contributed by atoms with Crippen molar-refractivity contribution < 1.29 is 4.42 Å². The predicted octanol–water partition coefficient (Wildman–Crippen LogP) is 3.37. The molecule has 20 heavy (non-hydrogen) atoms. The Hall–Kier alpha value is -2.07. The van der Waals surface area contributed by atoms with Gasteiger partial charge in [0.25, 0.3) is 0 Å². The standard InChI is InChI=1S/C16H19N3O/c1-2-7-18-14(11-19-9-8-17-12-19)16-10-13-5-3-4-6-15(13)20-16/h3-6,8-10,12,14,18H,2,7,11H2,1H3. The van der Waals surface area contributed by atoms with Crippen molar-refractivity contribution >= 4 is 11.0 Å². The van der Waals surface area contributed by atoms with Crippen molar-refractivity contribution in [3.8, 4) is 0 Å². The number of para-hydroxylation sites is 1. The molecule has 3 rings (SSSR count). The molecular weight excluding hydrogens is 250 g/mol. The number of rotatable bonds is 6. The Morgan fingerprint density at radius 1 is 1.35 bits per heavy atom. The van der Waals surface area contributed by atoms with E-state index in [2.05, 4.69) is 33.9 Å². The van der Waals surface area contributed by atoms with Crippen LogP contribution in [0.4, 0.5) is 0 Å². The lowest BCUT2D eigenvalue weighted by Gasteiger charge is -2.16. The van der Waals surface area contributed by atoms with E-state index < -0.39 is 0 Å². The van der Waals surface area contributed by atoms with Crippen molar-refractivity contribution in [1.29, 1.82) is 0 Å². The second-order valence-corrected chi connectivity index (χ2v) is 4.95. The molecule has 1 unspecified atom stereocenters. The average molecular weight is 269 g/mol. The highest BCUT2D eigenvalue weighted by atomic mass is 16.3. The molecule has 1 atom stereocenters.